The van der Waals surface area contributed by atoms with Gasteiger partial charge in [-0.25, -0.2) is 0 Å². The molecule has 0 radical (unpaired) electrons. The molecular formula is C16H23ClN2O. The van der Waals surface area contributed by atoms with Crippen LogP contribution >= 0.6 is 11.6 Å². The summed E-state index contributed by atoms with van der Waals surface area (Å²) < 4.78 is 0. The van der Waals surface area contributed by atoms with Crippen LogP contribution in [0.3, 0.4) is 0 Å². The lowest BCUT2D eigenvalue weighted by atomic mass is 9.84. The van der Waals surface area contributed by atoms with Crippen molar-refractivity contribution >= 4 is 23.2 Å². The standard InChI is InChI=1S/C16H23ClN2O/c1-3-11-4-7-13(8-5-11)19(2)16(20)12-6-9-14(17)15(18)10-12/h6,9-11,13H,3-5,7-8,18H2,1-2H3. The van der Waals surface area contributed by atoms with Crippen LogP contribution < -0.4 is 5.73 Å². The zero-order chi connectivity index (χ0) is 14.7. The van der Waals surface area contributed by atoms with E-state index < -0.39 is 0 Å². The van der Waals surface area contributed by atoms with Gasteiger partial charge in [0.15, 0.2) is 0 Å². The number of carbonyl (C=O) groups excluding carboxylic acids is 1. The normalized spacial score (nSPS) is 22.6. The van der Waals surface area contributed by atoms with Gasteiger partial charge in [-0.1, -0.05) is 24.9 Å². The van der Waals surface area contributed by atoms with E-state index in [-0.39, 0.29) is 5.91 Å². The molecule has 0 aromatic heterocycles. The predicted molar refractivity (Wildman–Crippen MR) is 84.0 cm³/mol. The molecule has 1 fully saturated rings. The molecule has 20 heavy (non-hydrogen) atoms. The van der Waals surface area contributed by atoms with Crippen molar-refractivity contribution in [2.24, 2.45) is 5.92 Å². The summed E-state index contributed by atoms with van der Waals surface area (Å²) >= 11 is 5.90. The Kier molecular flexibility index (Phi) is 4.92. The third-order valence-electron chi connectivity index (χ3n) is 4.50. The summed E-state index contributed by atoms with van der Waals surface area (Å²) in [5.41, 5.74) is 6.85. The van der Waals surface area contributed by atoms with E-state index in [4.69, 9.17) is 17.3 Å². The number of halogens is 1. The largest absolute Gasteiger partial charge is 0.398 e. The third kappa shape index (κ3) is 3.26. The van der Waals surface area contributed by atoms with Crippen molar-refractivity contribution < 1.29 is 4.79 Å². The molecule has 0 aliphatic heterocycles. The zero-order valence-electron chi connectivity index (χ0n) is 12.2. The van der Waals surface area contributed by atoms with Gasteiger partial charge in [0.25, 0.3) is 5.91 Å². The van der Waals surface area contributed by atoms with Crippen LogP contribution in [-0.4, -0.2) is 23.9 Å². The van der Waals surface area contributed by atoms with Gasteiger partial charge in [0.1, 0.15) is 0 Å². The second-order valence-electron chi connectivity index (χ2n) is 5.74. The zero-order valence-corrected chi connectivity index (χ0v) is 13.0. The van der Waals surface area contributed by atoms with Crippen molar-refractivity contribution in [3.8, 4) is 0 Å². The molecule has 1 amide bonds. The molecule has 1 aliphatic carbocycles. The van der Waals surface area contributed by atoms with Crippen molar-refractivity contribution in [2.45, 2.75) is 45.1 Å². The highest BCUT2D eigenvalue weighted by atomic mass is 35.5. The Balaban J connectivity index is 2.03. The van der Waals surface area contributed by atoms with Gasteiger partial charge >= 0.3 is 0 Å². The molecule has 2 rings (SSSR count). The minimum atomic E-state index is 0.0355. The number of hydrogen-bond donors (Lipinski definition) is 1. The summed E-state index contributed by atoms with van der Waals surface area (Å²) in [5, 5.41) is 0.493. The molecule has 0 unspecified atom stereocenters. The first-order valence-electron chi connectivity index (χ1n) is 7.35. The maximum atomic E-state index is 12.5. The van der Waals surface area contributed by atoms with E-state index in [1.807, 2.05) is 11.9 Å². The maximum Gasteiger partial charge on any atom is 0.253 e. The fraction of sp³-hybridized carbons (Fsp3) is 0.562. The molecule has 4 heteroatoms. The van der Waals surface area contributed by atoms with E-state index in [0.29, 0.717) is 22.3 Å². The SMILES string of the molecule is CCC1CCC(N(C)C(=O)c2ccc(Cl)c(N)c2)CC1. The van der Waals surface area contributed by atoms with Crippen molar-refractivity contribution in [1.82, 2.24) is 4.90 Å². The smallest absolute Gasteiger partial charge is 0.253 e. The molecule has 2 N–H and O–H groups in total. The Morgan fingerprint density at radius 1 is 1.35 bits per heavy atom. The first-order valence-corrected chi connectivity index (χ1v) is 7.73. The van der Waals surface area contributed by atoms with Crippen molar-refractivity contribution in [3.05, 3.63) is 28.8 Å². The molecule has 1 aromatic carbocycles. The fourth-order valence-corrected chi connectivity index (χ4v) is 3.10. The van der Waals surface area contributed by atoms with Gasteiger partial charge in [-0.05, 0) is 49.8 Å². The summed E-state index contributed by atoms with van der Waals surface area (Å²) in [7, 11) is 1.89. The minimum absolute atomic E-state index is 0.0355. The molecule has 0 bridgehead atoms. The van der Waals surface area contributed by atoms with Gasteiger partial charge in [-0.15, -0.1) is 0 Å². The van der Waals surface area contributed by atoms with Crippen LogP contribution in [0.25, 0.3) is 0 Å². The number of benzene rings is 1. The van der Waals surface area contributed by atoms with E-state index >= 15 is 0 Å². The monoisotopic (exact) mass is 294 g/mol. The van der Waals surface area contributed by atoms with E-state index in [0.717, 1.165) is 18.8 Å². The minimum Gasteiger partial charge on any atom is -0.398 e. The number of nitrogen functional groups attached to an aromatic ring is 1. The number of anilines is 1. The summed E-state index contributed by atoms with van der Waals surface area (Å²) in [5.74, 6) is 0.870. The summed E-state index contributed by atoms with van der Waals surface area (Å²) in [6.07, 6.45) is 5.90. The number of nitrogens with zero attached hydrogens (tertiary/aromatic N) is 1. The van der Waals surface area contributed by atoms with Crippen LogP contribution in [0.1, 0.15) is 49.4 Å². The molecule has 0 atom stereocenters. The van der Waals surface area contributed by atoms with Crippen LogP contribution in [0, 0.1) is 5.92 Å². The van der Waals surface area contributed by atoms with E-state index in [1.54, 1.807) is 18.2 Å². The highest BCUT2D eigenvalue weighted by Crippen LogP contribution is 2.30. The fourth-order valence-electron chi connectivity index (χ4n) is 2.99. The lowest BCUT2D eigenvalue weighted by Gasteiger charge is -2.34. The van der Waals surface area contributed by atoms with Crippen molar-refractivity contribution in [3.63, 3.8) is 0 Å². The Morgan fingerprint density at radius 3 is 2.55 bits per heavy atom. The van der Waals surface area contributed by atoms with Crippen LogP contribution in [0.4, 0.5) is 5.69 Å². The third-order valence-corrected chi connectivity index (χ3v) is 4.85. The number of carbonyl (C=O) groups is 1. The van der Waals surface area contributed by atoms with Crippen molar-refractivity contribution in [1.29, 1.82) is 0 Å². The quantitative estimate of drug-likeness (QED) is 0.858. The molecule has 0 heterocycles. The predicted octanol–water partition coefficient (Wildman–Crippen LogP) is 3.96. The first-order chi connectivity index (χ1) is 9.52. The van der Waals surface area contributed by atoms with Gasteiger partial charge in [0.2, 0.25) is 0 Å². The van der Waals surface area contributed by atoms with Gasteiger partial charge in [-0.3, -0.25) is 4.79 Å². The Bertz CT molecular complexity index is 481. The second kappa shape index (κ2) is 6.49. The van der Waals surface area contributed by atoms with Gasteiger partial charge in [-0.2, -0.15) is 0 Å². The first kappa shape index (κ1) is 15.2. The van der Waals surface area contributed by atoms with Gasteiger partial charge < -0.3 is 10.6 Å². The molecule has 0 saturated heterocycles. The molecule has 110 valence electrons. The highest BCUT2D eigenvalue weighted by molar-refractivity contribution is 6.33. The Labute approximate surface area is 126 Å². The highest BCUT2D eigenvalue weighted by Gasteiger charge is 2.26. The lowest BCUT2D eigenvalue weighted by molar-refractivity contribution is 0.0675. The Hall–Kier alpha value is -1.22. The topological polar surface area (TPSA) is 46.3 Å². The number of rotatable bonds is 3. The molecular weight excluding hydrogens is 272 g/mol. The molecule has 1 saturated carbocycles. The van der Waals surface area contributed by atoms with E-state index in [9.17, 15) is 4.79 Å². The number of hydrogen-bond acceptors (Lipinski definition) is 2. The van der Waals surface area contributed by atoms with E-state index in [2.05, 4.69) is 6.92 Å². The number of amides is 1. The summed E-state index contributed by atoms with van der Waals surface area (Å²) in [4.78, 5) is 14.4. The summed E-state index contributed by atoms with van der Waals surface area (Å²) in [6, 6.07) is 5.45. The molecule has 1 aliphatic rings. The molecule has 0 spiro atoms. The average Bonchev–Trinajstić information content (AvgIpc) is 2.48. The van der Waals surface area contributed by atoms with Crippen LogP contribution in [0.2, 0.25) is 5.02 Å². The molecule has 3 nitrogen and oxygen atoms in total. The van der Waals surface area contributed by atoms with Gasteiger partial charge in [0.05, 0.1) is 10.7 Å². The van der Waals surface area contributed by atoms with E-state index in [1.165, 1.54) is 19.3 Å². The lowest BCUT2D eigenvalue weighted by Crippen LogP contribution is -2.39. The van der Waals surface area contributed by atoms with Crippen LogP contribution in [0.5, 0.6) is 0 Å². The Morgan fingerprint density at radius 2 is 2.00 bits per heavy atom. The van der Waals surface area contributed by atoms with Crippen molar-refractivity contribution in [2.75, 3.05) is 12.8 Å². The van der Waals surface area contributed by atoms with Gasteiger partial charge in [0, 0.05) is 18.7 Å². The maximum absolute atomic E-state index is 12.5. The number of nitrogens with two attached hydrogens (primary N) is 1. The second-order valence-corrected chi connectivity index (χ2v) is 6.14. The van der Waals surface area contributed by atoms with Crippen LogP contribution in [0.15, 0.2) is 18.2 Å². The average molecular weight is 295 g/mol. The summed E-state index contributed by atoms with van der Waals surface area (Å²) in [6.45, 7) is 2.25. The van der Waals surface area contributed by atoms with Crippen LogP contribution in [-0.2, 0) is 0 Å². The molecule has 1 aromatic rings.